The van der Waals surface area contributed by atoms with E-state index in [1.807, 2.05) is 0 Å². The van der Waals surface area contributed by atoms with Gasteiger partial charge in [-0.15, -0.1) is 0 Å². The number of nitrogens with one attached hydrogen (secondary N) is 1. The Morgan fingerprint density at radius 2 is 1.58 bits per heavy atom. The molecule has 1 fully saturated rings. The van der Waals surface area contributed by atoms with Gasteiger partial charge in [-0.2, -0.15) is 0 Å². The van der Waals surface area contributed by atoms with Crippen LogP contribution in [0.5, 0.6) is 0 Å². The second-order valence-corrected chi connectivity index (χ2v) is 8.70. The van der Waals surface area contributed by atoms with E-state index >= 15 is 0 Å². The Morgan fingerprint density at radius 1 is 0.879 bits per heavy atom. The number of carbonyl (C=O) groups excluding carboxylic acids is 1. The molecule has 1 saturated heterocycles. The van der Waals surface area contributed by atoms with Crippen LogP contribution in [-0.4, -0.2) is 43.2 Å². The maximum Gasteiger partial charge on any atom is 0.337 e. The molecule has 0 radical (unpaired) electrons. The number of rotatable bonds is 5. The van der Waals surface area contributed by atoms with E-state index in [2.05, 4.69) is 47.2 Å². The zero-order valence-corrected chi connectivity index (χ0v) is 19.4. The molecule has 0 aromatic heterocycles. The highest BCUT2D eigenvalue weighted by Crippen LogP contribution is 2.28. The molecule has 1 aliphatic rings. The number of hydrogen-bond acceptors (Lipinski definition) is 4. The van der Waals surface area contributed by atoms with Gasteiger partial charge in [-0.1, -0.05) is 29.8 Å². The van der Waals surface area contributed by atoms with Gasteiger partial charge in [0.05, 0.1) is 11.3 Å². The van der Waals surface area contributed by atoms with Gasteiger partial charge in [0, 0.05) is 48.1 Å². The van der Waals surface area contributed by atoms with E-state index < -0.39 is 5.97 Å². The molecule has 1 amide bonds. The third-order valence-electron chi connectivity index (χ3n) is 5.90. The van der Waals surface area contributed by atoms with Crippen LogP contribution in [0.15, 0.2) is 60.7 Å². The number of aromatic carboxylic acids is 1. The first-order chi connectivity index (χ1) is 15.8. The molecule has 0 atom stereocenters. The average molecular weight is 464 g/mol. The Morgan fingerprint density at radius 3 is 2.24 bits per heavy atom. The van der Waals surface area contributed by atoms with Crippen molar-refractivity contribution >= 4 is 40.5 Å². The summed E-state index contributed by atoms with van der Waals surface area (Å²) in [6.45, 7) is 7.22. The van der Waals surface area contributed by atoms with Crippen LogP contribution < -0.4 is 15.1 Å². The van der Waals surface area contributed by atoms with E-state index in [4.69, 9.17) is 11.6 Å². The number of benzene rings is 3. The second-order valence-electron chi connectivity index (χ2n) is 8.27. The SMILES string of the molecule is Cc1ccc(C)c(N2CCN(c3ccc(NC(=O)c4cccc(Cl)c4)cc3C(=O)O)CC2)c1. The zero-order chi connectivity index (χ0) is 23.5. The Bertz CT molecular complexity index is 1200. The van der Waals surface area contributed by atoms with E-state index in [0.717, 1.165) is 13.1 Å². The number of aryl methyl sites for hydroxylation is 2. The normalized spacial score (nSPS) is 13.7. The number of carbonyl (C=O) groups is 2. The summed E-state index contributed by atoms with van der Waals surface area (Å²) in [6, 6.07) is 18.1. The summed E-state index contributed by atoms with van der Waals surface area (Å²) in [4.78, 5) is 29.0. The largest absolute Gasteiger partial charge is 0.478 e. The highest BCUT2D eigenvalue weighted by Gasteiger charge is 2.23. The first-order valence-corrected chi connectivity index (χ1v) is 11.2. The lowest BCUT2D eigenvalue weighted by atomic mass is 10.1. The smallest absolute Gasteiger partial charge is 0.337 e. The van der Waals surface area contributed by atoms with Crippen molar-refractivity contribution in [1.29, 1.82) is 0 Å². The summed E-state index contributed by atoms with van der Waals surface area (Å²) < 4.78 is 0. The monoisotopic (exact) mass is 463 g/mol. The Hall–Kier alpha value is -3.51. The van der Waals surface area contributed by atoms with Crippen molar-refractivity contribution in [3.05, 3.63) is 87.9 Å². The minimum atomic E-state index is -1.03. The minimum absolute atomic E-state index is 0.166. The first kappa shape index (κ1) is 22.7. The third kappa shape index (κ3) is 5.12. The van der Waals surface area contributed by atoms with E-state index in [9.17, 15) is 14.7 Å². The fourth-order valence-electron chi connectivity index (χ4n) is 4.14. The van der Waals surface area contributed by atoms with E-state index in [-0.39, 0.29) is 11.5 Å². The van der Waals surface area contributed by atoms with Crippen molar-refractivity contribution in [2.75, 3.05) is 41.3 Å². The fraction of sp³-hybridized carbons (Fsp3) is 0.231. The van der Waals surface area contributed by atoms with Gasteiger partial charge in [0.2, 0.25) is 0 Å². The van der Waals surface area contributed by atoms with Crippen LogP contribution in [0, 0.1) is 13.8 Å². The summed E-state index contributed by atoms with van der Waals surface area (Å²) in [6.07, 6.45) is 0. The molecule has 0 bridgehead atoms. The quantitative estimate of drug-likeness (QED) is 0.541. The molecule has 0 spiro atoms. The molecule has 4 rings (SSSR count). The second kappa shape index (κ2) is 9.55. The van der Waals surface area contributed by atoms with Crippen molar-refractivity contribution in [2.24, 2.45) is 0 Å². The van der Waals surface area contributed by atoms with Crippen LogP contribution in [0.4, 0.5) is 17.1 Å². The van der Waals surface area contributed by atoms with Crippen LogP contribution in [-0.2, 0) is 0 Å². The topological polar surface area (TPSA) is 72.9 Å². The number of halogens is 1. The molecule has 0 unspecified atom stereocenters. The van der Waals surface area contributed by atoms with Gasteiger partial charge in [0.15, 0.2) is 0 Å². The summed E-state index contributed by atoms with van der Waals surface area (Å²) in [5, 5.41) is 13.1. The Labute approximate surface area is 198 Å². The molecule has 3 aromatic rings. The number of anilines is 3. The van der Waals surface area contributed by atoms with E-state index in [1.54, 1.807) is 36.4 Å². The lowest BCUT2D eigenvalue weighted by Gasteiger charge is -2.38. The van der Waals surface area contributed by atoms with Crippen molar-refractivity contribution < 1.29 is 14.7 Å². The maximum absolute atomic E-state index is 12.5. The van der Waals surface area contributed by atoms with Crippen molar-refractivity contribution in [1.82, 2.24) is 0 Å². The number of carboxylic acids is 1. The molecule has 170 valence electrons. The molecule has 1 heterocycles. The van der Waals surface area contributed by atoms with Crippen LogP contribution in [0.3, 0.4) is 0 Å². The van der Waals surface area contributed by atoms with Crippen LogP contribution in [0.1, 0.15) is 31.8 Å². The number of nitrogens with zero attached hydrogens (tertiary/aromatic N) is 2. The van der Waals surface area contributed by atoms with Gasteiger partial charge in [0.25, 0.3) is 5.91 Å². The number of piperazine rings is 1. The number of hydrogen-bond donors (Lipinski definition) is 2. The van der Waals surface area contributed by atoms with E-state index in [1.165, 1.54) is 22.9 Å². The minimum Gasteiger partial charge on any atom is -0.478 e. The summed E-state index contributed by atoms with van der Waals surface area (Å²) >= 11 is 5.96. The number of amides is 1. The van der Waals surface area contributed by atoms with Gasteiger partial charge in [-0.25, -0.2) is 4.79 Å². The summed E-state index contributed by atoms with van der Waals surface area (Å²) in [5.41, 5.74) is 5.35. The predicted molar refractivity (Wildman–Crippen MR) is 133 cm³/mol. The Balaban J connectivity index is 1.50. The lowest BCUT2D eigenvalue weighted by molar-refractivity contribution is 0.0697. The molecular weight excluding hydrogens is 438 g/mol. The molecular formula is C26H26ClN3O3. The maximum atomic E-state index is 12.5. The van der Waals surface area contributed by atoms with Gasteiger partial charge in [-0.05, 0) is 67.4 Å². The molecule has 3 aromatic carbocycles. The Kier molecular flexibility index (Phi) is 6.56. The van der Waals surface area contributed by atoms with Crippen molar-refractivity contribution in [2.45, 2.75) is 13.8 Å². The lowest BCUT2D eigenvalue weighted by Crippen LogP contribution is -2.47. The van der Waals surface area contributed by atoms with Crippen LogP contribution in [0.2, 0.25) is 5.02 Å². The molecule has 0 aliphatic carbocycles. The third-order valence-corrected chi connectivity index (χ3v) is 6.13. The molecule has 1 aliphatic heterocycles. The van der Waals surface area contributed by atoms with Gasteiger partial charge in [0.1, 0.15) is 0 Å². The highest BCUT2D eigenvalue weighted by molar-refractivity contribution is 6.31. The average Bonchev–Trinajstić information content (AvgIpc) is 2.81. The van der Waals surface area contributed by atoms with Gasteiger partial charge >= 0.3 is 5.97 Å². The van der Waals surface area contributed by atoms with Crippen molar-refractivity contribution in [3.63, 3.8) is 0 Å². The van der Waals surface area contributed by atoms with Gasteiger partial charge < -0.3 is 20.2 Å². The first-order valence-electron chi connectivity index (χ1n) is 10.8. The molecule has 0 saturated carbocycles. The standard InChI is InChI=1S/C26H26ClN3O3/c1-17-6-7-18(2)24(14-17)30-12-10-29(11-13-30)23-9-8-21(16-22(23)26(32)33)28-25(31)19-4-3-5-20(27)15-19/h3-9,14-16H,10-13H2,1-2H3,(H,28,31)(H,32,33). The predicted octanol–water partition coefficient (Wildman–Crippen LogP) is 5.23. The molecule has 2 N–H and O–H groups in total. The molecule has 7 heteroatoms. The fourth-order valence-corrected chi connectivity index (χ4v) is 4.33. The molecule has 33 heavy (non-hydrogen) atoms. The van der Waals surface area contributed by atoms with Crippen molar-refractivity contribution in [3.8, 4) is 0 Å². The van der Waals surface area contributed by atoms with Crippen LogP contribution >= 0.6 is 11.6 Å². The van der Waals surface area contributed by atoms with Crippen LogP contribution in [0.25, 0.3) is 0 Å². The number of carboxylic acid groups (broad SMARTS) is 1. The van der Waals surface area contributed by atoms with E-state index in [0.29, 0.717) is 35.1 Å². The highest BCUT2D eigenvalue weighted by atomic mass is 35.5. The summed E-state index contributed by atoms with van der Waals surface area (Å²) in [5.74, 6) is -1.37. The van der Waals surface area contributed by atoms with Gasteiger partial charge in [-0.3, -0.25) is 4.79 Å². The molecule has 6 nitrogen and oxygen atoms in total. The summed E-state index contributed by atoms with van der Waals surface area (Å²) in [7, 11) is 0. The zero-order valence-electron chi connectivity index (χ0n) is 18.6.